The van der Waals surface area contributed by atoms with Crippen molar-refractivity contribution in [2.24, 2.45) is 0 Å². The normalized spacial score (nSPS) is 10.0. The van der Waals surface area contributed by atoms with Crippen LogP contribution in [0.2, 0.25) is 0 Å². The summed E-state index contributed by atoms with van der Waals surface area (Å²) in [5.74, 6) is 0. The highest BCUT2D eigenvalue weighted by Crippen LogP contribution is 2.16. The molecule has 0 spiro atoms. The topological polar surface area (TPSA) is 30.0 Å². The third-order valence-corrected chi connectivity index (χ3v) is 3.46. The second-order valence-corrected chi connectivity index (χ2v) is 4.88. The van der Waals surface area contributed by atoms with Gasteiger partial charge in [0.15, 0.2) is 6.29 Å². The lowest BCUT2D eigenvalue weighted by atomic mass is 10.1. The van der Waals surface area contributed by atoms with Crippen molar-refractivity contribution in [2.45, 2.75) is 0 Å². The summed E-state index contributed by atoms with van der Waals surface area (Å²) in [7, 11) is 0. The van der Waals surface area contributed by atoms with Crippen molar-refractivity contribution in [3.63, 3.8) is 0 Å². The Bertz CT molecular complexity index is 844. The van der Waals surface area contributed by atoms with Crippen LogP contribution in [-0.4, -0.2) is 11.3 Å². The van der Waals surface area contributed by atoms with E-state index in [9.17, 15) is 4.79 Å². The molecular weight excluding hydrogens is 270 g/mol. The second kappa shape index (κ2) is 6.64. The zero-order chi connectivity index (χ0) is 15.2. The summed E-state index contributed by atoms with van der Waals surface area (Å²) in [6.45, 7) is 0. The van der Waals surface area contributed by atoms with Crippen molar-refractivity contribution < 1.29 is 4.79 Å². The van der Waals surface area contributed by atoms with Gasteiger partial charge in [-0.05, 0) is 22.9 Å². The monoisotopic (exact) mass is 285 g/mol. The Kier molecular flexibility index (Phi) is 4.21. The van der Waals surface area contributed by atoms with E-state index in [2.05, 4.69) is 17.1 Å². The molecule has 2 heteroatoms. The molecule has 1 heterocycles. The van der Waals surface area contributed by atoms with Gasteiger partial charge in [-0.2, -0.15) is 0 Å². The third-order valence-electron chi connectivity index (χ3n) is 3.46. The summed E-state index contributed by atoms with van der Waals surface area (Å²) in [5.41, 5.74) is 1.82. The van der Waals surface area contributed by atoms with Crippen LogP contribution in [0.3, 0.4) is 0 Å². The van der Waals surface area contributed by atoms with E-state index < -0.39 is 0 Å². The highest BCUT2D eigenvalue weighted by atomic mass is 16.1. The molecule has 4 rings (SSSR count). The van der Waals surface area contributed by atoms with Crippen molar-refractivity contribution in [3.05, 3.63) is 90.6 Å². The van der Waals surface area contributed by atoms with E-state index in [1.165, 1.54) is 5.39 Å². The first kappa shape index (κ1) is 14.0. The lowest BCUT2D eigenvalue weighted by molar-refractivity contribution is 0.112. The predicted molar refractivity (Wildman–Crippen MR) is 91.1 cm³/mol. The molecule has 3 aromatic carbocycles. The number of aromatic nitrogens is 1. The van der Waals surface area contributed by atoms with Gasteiger partial charge in [-0.25, -0.2) is 0 Å². The summed E-state index contributed by atoms with van der Waals surface area (Å²) >= 11 is 0. The minimum atomic E-state index is 0.758. The van der Waals surface area contributed by atoms with Crippen molar-refractivity contribution in [1.29, 1.82) is 0 Å². The molecule has 0 aliphatic carbocycles. The molecule has 0 fully saturated rings. The average molecular weight is 285 g/mol. The highest BCUT2D eigenvalue weighted by molar-refractivity contribution is 5.97. The Hall–Kier alpha value is -3.00. The Labute approximate surface area is 129 Å². The van der Waals surface area contributed by atoms with Crippen LogP contribution in [0.15, 0.2) is 85.1 Å². The number of para-hydroxylation sites is 1. The van der Waals surface area contributed by atoms with E-state index in [0.717, 1.165) is 28.1 Å². The number of benzene rings is 3. The maximum absolute atomic E-state index is 10.6. The van der Waals surface area contributed by atoms with Gasteiger partial charge in [-0.1, -0.05) is 66.7 Å². The molecule has 106 valence electrons. The molecule has 0 radical (unpaired) electrons. The van der Waals surface area contributed by atoms with Gasteiger partial charge in [0.2, 0.25) is 0 Å². The van der Waals surface area contributed by atoms with Gasteiger partial charge in [0.1, 0.15) is 0 Å². The number of nitrogens with zero attached hydrogens (tertiary/aromatic N) is 1. The first-order valence-corrected chi connectivity index (χ1v) is 7.11. The average Bonchev–Trinajstić information content (AvgIpc) is 2.62. The van der Waals surface area contributed by atoms with E-state index >= 15 is 0 Å². The van der Waals surface area contributed by atoms with Gasteiger partial charge in [0.25, 0.3) is 0 Å². The number of fused-ring (bicyclic) bond motifs is 2. The fourth-order valence-corrected chi connectivity index (χ4v) is 2.37. The molecule has 0 N–H and O–H groups in total. The number of hydrogen-bond donors (Lipinski definition) is 0. The standard InChI is InChI=1S/C11H8O.C9H7N/c12-8-10-6-3-5-9-4-1-2-7-11(9)10;1-2-6-9-8(4-1)5-3-7-10-9/h1-8H;1-7H. The van der Waals surface area contributed by atoms with Gasteiger partial charge in [-0.3, -0.25) is 9.78 Å². The first-order valence-electron chi connectivity index (χ1n) is 7.11. The quantitative estimate of drug-likeness (QED) is 0.466. The Balaban J connectivity index is 0.000000133. The zero-order valence-corrected chi connectivity index (χ0v) is 12.0. The number of pyridine rings is 1. The van der Waals surface area contributed by atoms with Gasteiger partial charge >= 0.3 is 0 Å². The third kappa shape index (κ3) is 3.01. The van der Waals surface area contributed by atoms with E-state index in [-0.39, 0.29) is 0 Å². The Morgan fingerprint density at radius 1 is 0.682 bits per heavy atom. The lowest BCUT2D eigenvalue weighted by Gasteiger charge is -1.98. The van der Waals surface area contributed by atoms with Crippen LogP contribution >= 0.6 is 0 Å². The molecule has 0 aliphatic rings. The molecule has 0 bridgehead atoms. The van der Waals surface area contributed by atoms with Crippen LogP contribution < -0.4 is 0 Å². The number of hydrogen-bond acceptors (Lipinski definition) is 2. The summed E-state index contributed by atoms with van der Waals surface area (Å²) < 4.78 is 0. The molecule has 2 nitrogen and oxygen atoms in total. The molecule has 22 heavy (non-hydrogen) atoms. The number of carbonyl (C=O) groups excluding carboxylic acids is 1. The smallest absolute Gasteiger partial charge is 0.150 e. The van der Waals surface area contributed by atoms with Crippen molar-refractivity contribution in [3.8, 4) is 0 Å². The Morgan fingerprint density at radius 2 is 1.36 bits per heavy atom. The van der Waals surface area contributed by atoms with Gasteiger partial charge < -0.3 is 0 Å². The van der Waals surface area contributed by atoms with Gasteiger partial charge in [-0.15, -0.1) is 0 Å². The first-order chi connectivity index (χ1) is 10.9. The van der Waals surface area contributed by atoms with Crippen LogP contribution in [-0.2, 0) is 0 Å². The molecule has 4 aromatic rings. The minimum absolute atomic E-state index is 0.758. The van der Waals surface area contributed by atoms with E-state index in [4.69, 9.17) is 0 Å². The molecule has 1 aromatic heterocycles. The molecule has 0 saturated heterocycles. The maximum Gasteiger partial charge on any atom is 0.150 e. The molecule has 0 atom stereocenters. The lowest BCUT2D eigenvalue weighted by Crippen LogP contribution is -1.81. The van der Waals surface area contributed by atoms with E-state index in [1.807, 2.05) is 72.9 Å². The SMILES string of the molecule is O=Cc1cccc2ccccc12.c1ccc2ncccc2c1. The van der Waals surface area contributed by atoms with Gasteiger partial charge in [0.05, 0.1) is 5.52 Å². The fourth-order valence-electron chi connectivity index (χ4n) is 2.37. The zero-order valence-electron chi connectivity index (χ0n) is 12.0. The van der Waals surface area contributed by atoms with Gasteiger partial charge in [0, 0.05) is 17.1 Å². The summed E-state index contributed by atoms with van der Waals surface area (Å²) in [6, 6.07) is 25.7. The number of rotatable bonds is 1. The van der Waals surface area contributed by atoms with Crippen LogP contribution in [0.4, 0.5) is 0 Å². The molecule has 0 amide bonds. The summed E-state index contributed by atoms with van der Waals surface area (Å²) in [6.07, 6.45) is 2.70. The minimum Gasteiger partial charge on any atom is -0.298 e. The van der Waals surface area contributed by atoms with Crippen molar-refractivity contribution >= 4 is 28.0 Å². The number of aldehydes is 1. The predicted octanol–water partition coefficient (Wildman–Crippen LogP) is 4.89. The summed E-state index contributed by atoms with van der Waals surface area (Å²) in [5, 5.41) is 3.34. The molecule has 0 aliphatic heterocycles. The maximum atomic E-state index is 10.6. The highest BCUT2D eigenvalue weighted by Gasteiger charge is 1.96. The molecule has 0 saturated carbocycles. The number of carbonyl (C=O) groups is 1. The second-order valence-electron chi connectivity index (χ2n) is 4.88. The van der Waals surface area contributed by atoms with Crippen molar-refractivity contribution in [2.75, 3.05) is 0 Å². The van der Waals surface area contributed by atoms with Crippen LogP contribution in [0.1, 0.15) is 10.4 Å². The van der Waals surface area contributed by atoms with Crippen LogP contribution in [0.5, 0.6) is 0 Å². The molecular formula is C20H15NO. The largest absolute Gasteiger partial charge is 0.298 e. The molecule has 0 unspecified atom stereocenters. The van der Waals surface area contributed by atoms with Crippen molar-refractivity contribution in [1.82, 2.24) is 4.98 Å². The van der Waals surface area contributed by atoms with Crippen LogP contribution in [0.25, 0.3) is 21.7 Å². The van der Waals surface area contributed by atoms with E-state index in [1.54, 1.807) is 0 Å². The fraction of sp³-hybridized carbons (Fsp3) is 0. The summed E-state index contributed by atoms with van der Waals surface area (Å²) in [4.78, 5) is 14.8. The van der Waals surface area contributed by atoms with Crippen LogP contribution in [0, 0.1) is 0 Å². The van der Waals surface area contributed by atoms with E-state index in [0.29, 0.717) is 0 Å². The Morgan fingerprint density at radius 3 is 2.18 bits per heavy atom.